The van der Waals surface area contributed by atoms with Crippen molar-refractivity contribution in [1.82, 2.24) is 10.3 Å². The van der Waals surface area contributed by atoms with Crippen molar-refractivity contribution in [3.63, 3.8) is 0 Å². The molecule has 84 valence electrons. The van der Waals surface area contributed by atoms with Gasteiger partial charge in [-0.3, -0.25) is 4.79 Å². The summed E-state index contributed by atoms with van der Waals surface area (Å²) in [6.07, 6.45) is 1.68. The van der Waals surface area contributed by atoms with Crippen molar-refractivity contribution in [3.8, 4) is 0 Å². The molecule has 0 radical (unpaired) electrons. The number of carbonyl (C=O) groups is 1. The maximum absolute atomic E-state index is 11.8. The van der Waals surface area contributed by atoms with Crippen molar-refractivity contribution in [1.29, 1.82) is 0 Å². The standard InChI is InChI=1S/C12H14N2O2/c1-8(7-15)14-12(16)10-6-13-11-5-3-2-4-9(10)11/h2-6,8,13,15H,7H2,1H3,(H,14,16)/t8-/m1/s1. The molecule has 1 amide bonds. The molecule has 0 aliphatic heterocycles. The number of fused-ring (bicyclic) bond motifs is 1. The van der Waals surface area contributed by atoms with Gasteiger partial charge in [-0.15, -0.1) is 0 Å². The third-order valence-electron chi connectivity index (χ3n) is 2.49. The Labute approximate surface area is 93.3 Å². The molecule has 2 rings (SSSR count). The van der Waals surface area contributed by atoms with Crippen LogP contribution in [-0.4, -0.2) is 28.6 Å². The molecule has 1 atom stereocenters. The van der Waals surface area contributed by atoms with E-state index in [0.29, 0.717) is 5.56 Å². The van der Waals surface area contributed by atoms with E-state index in [1.54, 1.807) is 13.1 Å². The Hall–Kier alpha value is -1.81. The molecular formula is C12H14N2O2. The molecule has 0 fully saturated rings. The first-order valence-corrected chi connectivity index (χ1v) is 5.20. The molecule has 0 spiro atoms. The van der Waals surface area contributed by atoms with Gasteiger partial charge in [-0.2, -0.15) is 0 Å². The van der Waals surface area contributed by atoms with Crippen LogP contribution >= 0.6 is 0 Å². The second-order valence-electron chi connectivity index (χ2n) is 3.81. The Balaban J connectivity index is 2.30. The average Bonchev–Trinajstić information content (AvgIpc) is 2.72. The summed E-state index contributed by atoms with van der Waals surface area (Å²) in [6, 6.07) is 7.38. The summed E-state index contributed by atoms with van der Waals surface area (Å²) in [5, 5.41) is 12.5. The lowest BCUT2D eigenvalue weighted by molar-refractivity contribution is 0.0924. The number of hydrogen-bond donors (Lipinski definition) is 3. The molecule has 1 aromatic carbocycles. The van der Waals surface area contributed by atoms with Crippen LogP contribution in [0.25, 0.3) is 10.9 Å². The number of benzene rings is 1. The number of nitrogens with one attached hydrogen (secondary N) is 2. The fourth-order valence-corrected chi connectivity index (χ4v) is 1.61. The summed E-state index contributed by atoms with van der Waals surface area (Å²) in [6.45, 7) is 1.70. The molecule has 2 aromatic rings. The summed E-state index contributed by atoms with van der Waals surface area (Å²) in [7, 11) is 0. The van der Waals surface area contributed by atoms with Crippen LogP contribution in [0.1, 0.15) is 17.3 Å². The summed E-state index contributed by atoms with van der Waals surface area (Å²) in [5.41, 5.74) is 1.54. The number of aromatic amines is 1. The van der Waals surface area contributed by atoms with E-state index in [1.807, 2.05) is 24.3 Å². The normalized spacial score (nSPS) is 12.6. The summed E-state index contributed by atoms with van der Waals surface area (Å²) in [5.74, 6) is -0.168. The molecule has 4 heteroatoms. The van der Waals surface area contributed by atoms with E-state index < -0.39 is 0 Å². The smallest absolute Gasteiger partial charge is 0.253 e. The quantitative estimate of drug-likeness (QED) is 0.726. The van der Waals surface area contributed by atoms with E-state index in [0.717, 1.165) is 10.9 Å². The monoisotopic (exact) mass is 218 g/mol. The van der Waals surface area contributed by atoms with Crippen molar-refractivity contribution in [3.05, 3.63) is 36.0 Å². The van der Waals surface area contributed by atoms with Gasteiger partial charge in [-0.25, -0.2) is 0 Å². The maximum atomic E-state index is 11.8. The topological polar surface area (TPSA) is 65.1 Å². The van der Waals surface area contributed by atoms with E-state index in [1.165, 1.54) is 0 Å². The predicted molar refractivity (Wildman–Crippen MR) is 62.3 cm³/mol. The zero-order valence-electron chi connectivity index (χ0n) is 9.03. The van der Waals surface area contributed by atoms with Crippen LogP contribution in [0.3, 0.4) is 0 Å². The molecule has 0 unspecified atom stereocenters. The fraction of sp³-hybridized carbons (Fsp3) is 0.250. The highest BCUT2D eigenvalue weighted by atomic mass is 16.3. The molecule has 0 aliphatic carbocycles. The molecule has 1 aromatic heterocycles. The summed E-state index contributed by atoms with van der Waals surface area (Å²) in [4.78, 5) is 14.9. The Bertz CT molecular complexity index is 504. The highest BCUT2D eigenvalue weighted by Gasteiger charge is 2.13. The van der Waals surface area contributed by atoms with Gasteiger partial charge in [0.15, 0.2) is 0 Å². The van der Waals surface area contributed by atoms with Gasteiger partial charge in [0.2, 0.25) is 0 Å². The van der Waals surface area contributed by atoms with Gasteiger partial charge in [0.05, 0.1) is 12.2 Å². The first kappa shape index (κ1) is 10.7. The third-order valence-corrected chi connectivity index (χ3v) is 2.49. The predicted octanol–water partition coefficient (Wildman–Crippen LogP) is 1.28. The first-order valence-electron chi connectivity index (χ1n) is 5.20. The van der Waals surface area contributed by atoms with Gasteiger partial charge in [0, 0.05) is 23.1 Å². The zero-order chi connectivity index (χ0) is 11.5. The second kappa shape index (κ2) is 4.37. The van der Waals surface area contributed by atoms with Crippen LogP contribution in [0.4, 0.5) is 0 Å². The van der Waals surface area contributed by atoms with Crippen molar-refractivity contribution in [2.75, 3.05) is 6.61 Å². The van der Waals surface area contributed by atoms with E-state index >= 15 is 0 Å². The number of aromatic nitrogens is 1. The number of amides is 1. The van der Waals surface area contributed by atoms with Crippen molar-refractivity contribution < 1.29 is 9.90 Å². The number of H-pyrrole nitrogens is 1. The first-order chi connectivity index (χ1) is 7.72. The largest absolute Gasteiger partial charge is 0.394 e. The number of rotatable bonds is 3. The van der Waals surface area contributed by atoms with Crippen LogP contribution < -0.4 is 5.32 Å². The molecule has 0 saturated carbocycles. The molecule has 16 heavy (non-hydrogen) atoms. The van der Waals surface area contributed by atoms with Crippen molar-refractivity contribution >= 4 is 16.8 Å². The molecule has 0 bridgehead atoms. The Morgan fingerprint density at radius 3 is 3.00 bits per heavy atom. The SMILES string of the molecule is C[C@H](CO)NC(=O)c1c[nH]c2ccccc12. The van der Waals surface area contributed by atoms with Crippen molar-refractivity contribution in [2.45, 2.75) is 13.0 Å². The van der Waals surface area contributed by atoms with Gasteiger partial charge in [-0.05, 0) is 13.0 Å². The minimum atomic E-state index is -0.235. The Morgan fingerprint density at radius 2 is 2.25 bits per heavy atom. The third kappa shape index (κ3) is 1.92. The van der Waals surface area contributed by atoms with E-state index in [9.17, 15) is 4.79 Å². The van der Waals surface area contributed by atoms with Crippen molar-refractivity contribution in [2.24, 2.45) is 0 Å². The molecule has 0 aliphatic rings. The molecule has 3 N–H and O–H groups in total. The van der Waals surface area contributed by atoms with Crippen LogP contribution in [0.2, 0.25) is 0 Å². The van der Waals surface area contributed by atoms with Gasteiger partial charge in [-0.1, -0.05) is 18.2 Å². The number of carbonyl (C=O) groups excluding carboxylic acids is 1. The molecule has 4 nitrogen and oxygen atoms in total. The highest BCUT2D eigenvalue weighted by Crippen LogP contribution is 2.17. The summed E-state index contributed by atoms with van der Waals surface area (Å²) < 4.78 is 0. The zero-order valence-corrected chi connectivity index (χ0v) is 9.03. The second-order valence-corrected chi connectivity index (χ2v) is 3.81. The lowest BCUT2D eigenvalue weighted by atomic mass is 10.1. The fourth-order valence-electron chi connectivity index (χ4n) is 1.61. The maximum Gasteiger partial charge on any atom is 0.253 e. The molecule has 0 saturated heterocycles. The van der Waals surface area contributed by atoms with Gasteiger partial charge >= 0.3 is 0 Å². The number of aliphatic hydroxyl groups excluding tert-OH is 1. The Morgan fingerprint density at radius 1 is 1.50 bits per heavy atom. The van der Waals surface area contributed by atoms with Gasteiger partial charge < -0.3 is 15.4 Å². The minimum Gasteiger partial charge on any atom is -0.394 e. The van der Waals surface area contributed by atoms with E-state index in [-0.39, 0.29) is 18.6 Å². The molecule has 1 heterocycles. The number of hydrogen-bond acceptors (Lipinski definition) is 2. The van der Waals surface area contributed by atoms with Crippen LogP contribution in [0, 0.1) is 0 Å². The average molecular weight is 218 g/mol. The lowest BCUT2D eigenvalue weighted by Crippen LogP contribution is -2.34. The van der Waals surface area contributed by atoms with E-state index in [2.05, 4.69) is 10.3 Å². The van der Waals surface area contributed by atoms with Crippen LogP contribution in [-0.2, 0) is 0 Å². The van der Waals surface area contributed by atoms with Crippen LogP contribution in [0.15, 0.2) is 30.5 Å². The number of para-hydroxylation sites is 1. The lowest BCUT2D eigenvalue weighted by Gasteiger charge is -2.09. The molecular weight excluding hydrogens is 204 g/mol. The van der Waals surface area contributed by atoms with Gasteiger partial charge in [0.25, 0.3) is 5.91 Å². The Kier molecular flexibility index (Phi) is 2.92. The van der Waals surface area contributed by atoms with Gasteiger partial charge in [0.1, 0.15) is 0 Å². The van der Waals surface area contributed by atoms with E-state index in [4.69, 9.17) is 5.11 Å². The highest BCUT2D eigenvalue weighted by molar-refractivity contribution is 6.06. The number of aliphatic hydroxyl groups is 1. The summed E-state index contributed by atoms with van der Waals surface area (Å²) >= 11 is 0. The van der Waals surface area contributed by atoms with Crippen LogP contribution in [0.5, 0.6) is 0 Å². The minimum absolute atomic E-state index is 0.0614.